The van der Waals surface area contributed by atoms with Crippen LogP contribution >= 0.6 is 0 Å². The molecule has 0 spiro atoms. The molecule has 0 aliphatic heterocycles. The fourth-order valence-corrected chi connectivity index (χ4v) is 1.09. The van der Waals surface area contributed by atoms with Gasteiger partial charge in [0.05, 0.1) is 24.3 Å². The Hall–Kier alpha value is -1.95. The minimum atomic E-state index is -0.932. The molecule has 1 aromatic rings. The van der Waals surface area contributed by atoms with Crippen LogP contribution in [0.15, 0.2) is 18.3 Å². The van der Waals surface area contributed by atoms with Crippen LogP contribution in [0.2, 0.25) is 0 Å². The third-order valence-electron chi connectivity index (χ3n) is 1.94. The van der Waals surface area contributed by atoms with Gasteiger partial charge >= 0.3 is 0 Å². The number of hydrogen-bond donors (Lipinski definition) is 3. The van der Waals surface area contributed by atoms with Gasteiger partial charge in [-0.3, -0.25) is 14.6 Å². The molecule has 0 aromatic carbocycles. The predicted octanol–water partition coefficient (Wildman–Crippen LogP) is -0.469. The van der Waals surface area contributed by atoms with Crippen LogP contribution < -0.4 is 16.8 Å². The van der Waals surface area contributed by atoms with Crippen molar-refractivity contribution >= 4 is 17.5 Å². The van der Waals surface area contributed by atoms with Crippen LogP contribution in [-0.4, -0.2) is 22.8 Å². The van der Waals surface area contributed by atoms with Crippen LogP contribution in [0.1, 0.15) is 12.1 Å². The Morgan fingerprint density at radius 3 is 2.69 bits per heavy atom. The molecule has 0 aliphatic carbocycles. The van der Waals surface area contributed by atoms with E-state index < -0.39 is 17.9 Å². The van der Waals surface area contributed by atoms with Crippen molar-refractivity contribution in [1.82, 2.24) is 4.98 Å². The molecule has 6 nitrogen and oxygen atoms in total. The van der Waals surface area contributed by atoms with Gasteiger partial charge in [0, 0.05) is 5.69 Å². The molecule has 1 atom stereocenters. The Morgan fingerprint density at radius 2 is 2.19 bits per heavy atom. The Kier molecular flexibility index (Phi) is 3.96. The number of nitrogens with one attached hydrogen (secondary N) is 1. The van der Waals surface area contributed by atoms with E-state index in [9.17, 15) is 9.59 Å². The number of aryl methyl sites for hydroxylation is 1. The van der Waals surface area contributed by atoms with E-state index in [0.29, 0.717) is 5.69 Å². The van der Waals surface area contributed by atoms with E-state index in [2.05, 4.69) is 10.3 Å². The average molecular weight is 222 g/mol. The van der Waals surface area contributed by atoms with Crippen molar-refractivity contribution in [3.8, 4) is 0 Å². The van der Waals surface area contributed by atoms with Crippen LogP contribution in [0, 0.1) is 6.92 Å². The molecule has 1 aromatic heterocycles. The maximum absolute atomic E-state index is 11.5. The molecule has 1 unspecified atom stereocenters. The lowest BCUT2D eigenvalue weighted by atomic mass is 10.2. The minimum absolute atomic E-state index is 0.175. The van der Waals surface area contributed by atoms with Gasteiger partial charge in [0.1, 0.15) is 0 Å². The zero-order chi connectivity index (χ0) is 12.1. The number of primary amides is 1. The van der Waals surface area contributed by atoms with Crippen molar-refractivity contribution in [2.45, 2.75) is 19.4 Å². The van der Waals surface area contributed by atoms with Crippen LogP contribution in [-0.2, 0) is 9.59 Å². The molecule has 86 valence electrons. The van der Waals surface area contributed by atoms with Crippen LogP contribution in [0.3, 0.4) is 0 Å². The van der Waals surface area contributed by atoms with Crippen molar-refractivity contribution in [1.29, 1.82) is 0 Å². The van der Waals surface area contributed by atoms with Gasteiger partial charge < -0.3 is 16.8 Å². The van der Waals surface area contributed by atoms with Crippen molar-refractivity contribution in [3.05, 3.63) is 24.0 Å². The number of carbonyl (C=O) groups is 2. The summed E-state index contributed by atoms with van der Waals surface area (Å²) in [6, 6.07) is 2.53. The Labute approximate surface area is 93.0 Å². The summed E-state index contributed by atoms with van der Waals surface area (Å²) >= 11 is 0. The minimum Gasteiger partial charge on any atom is -0.370 e. The number of aromatic nitrogens is 1. The first-order valence-electron chi connectivity index (χ1n) is 4.76. The number of amides is 2. The zero-order valence-electron chi connectivity index (χ0n) is 8.93. The zero-order valence-corrected chi connectivity index (χ0v) is 8.93. The Morgan fingerprint density at radius 1 is 1.50 bits per heavy atom. The third kappa shape index (κ3) is 3.66. The second kappa shape index (κ2) is 5.22. The van der Waals surface area contributed by atoms with E-state index in [1.165, 1.54) is 6.20 Å². The first-order valence-corrected chi connectivity index (χ1v) is 4.76. The Balaban J connectivity index is 2.57. The first kappa shape index (κ1) is 12.1. The molecular weight excluding hydrogens is 208 g/mol. The quantitative estimate of drug-likeness (QED) is 0.639. The van der Waals surface area contributed by atoms with Crippen LogP contribution in [0.25, 0.3) is 0 Å². The largest absolute Gasteiger partial charge is 0.370 e. The summed E-state index contributed by atoms with van der Waals surface area (Å²) in [5, 5.41) is 2.54. The van der Waals surface area contributed by atoms with E-state index in [4.69, 9.17) is 11.5 Å². The van der Waals surface area contributed by atoms with Crippen LogP contribution in [0.5, 0.6) is 0 Å². The lowest BCUT2D eigenvalue weighted by molar-refractivity contribution is -0.123. The second-order valence-electron chi connectivity index (χ2n) is 3.45. The summed E-state index contributed by atoms with van der Waals surface area (Å²) in [5.74, 6) is -1.06. The summed E-state index contributed by atoms with van der Waals surface area (Å²) in [5.41, 5.74) is 11.8. The molecule has 0 aliphatic rings. The lowest BCUT2D eigenvalue weighted by Crippen LogP contribution is -2.39. The molecule has 2 amide bonds. The number of hydrogen-bond acceptors (Lipinski definition) is 4. The van der Waals surface area contributed by atoms with Crippen molar-refractivity contribution in [3.63, 3.8) is 0 Å². The number of pyridine rings is 1. The maximum atomic E-state index is 11.5. The molecule has 0 radical (unpaired) electrons. The first-order chi connectivity index (χ1) is 7.49. The predicted molar refractivity (Wildman–Crippen MR) is 59.4 cm³/mol. The highest BCUT2D eigenvalue weighted by Gasteiger charge is 2.15. The summed E-state index contributed by atoms with van der Waals surface area (Å²) in [6.45, 7) is 1.84. The topological polar surface area (TPSA) is 111 Å². The molecule has 0 saturated carbocycles. The standard InChI is InChI=1S/C10H14N4O2/c1-6-2-3-7(5-13-6)14-10(16)8(11)4-9(12)15/h2-3,5,8H,4,11H2,1H3,(H2,12,15)(H,14,16). The molecule has 6 heteroatoms. The highest BCUT2D eigenvalue weighted by atomic mass is 16.2. The Bertz CT molecular complexity index is 388. The molecule has 1 heterocycles. The number of rotatable bonds is 4. The number of nitrogens with zero attached hydrogens (tertiary/aromatic N) is 1. The smallest absolute Gasteiger partial charge is 0.241 e. The fraction of sp³-hybridized carbons (Fsp3) is 0.300. The van der Waals surface area contributed by atoms with E-state index >= 15 is 0 Å². The normalized spacial score (nSPS) is 11.9. The third-order valence-corrected chi connectivity index (χ3v) is 1.94. The van der Waals surface area contributed by atoms with Crippen molar-refractivity contribution in [2.75, 3.05) is 5.32 Å². The average Bonchev–Trinajstić information content (AvgIpc) is 2.20. The van der Waals surface area contributed by atoms with Crippen molar-refractivity contribution in [2.24, 2.45) is 11.5 Å². The van der Waals surface area contributed by atoms with Crippen LogP contribution in [0.4, 0.5) is 5.69 Å². The molecule has 1 rings (SSSR count). The van der Waals surface area contributed by atoms with E-state index in [0.717, 1.165) is 5.69 Å². The van der Waals surface area contributed by atoms with Gasteiger partial charge in [-0.1, -0.05) is 0 Å². The van der Waals surface area contributed by atoms with Gasteiger partial charge in [-0.15, -0.1) is 0 Å². The number of nitrogens with two attached hydrogens (primary N) is 2. The molecular formula is C10H14N4O2. The van der Waals surface area contributed by atoms with Gasteiger partial charge in [-0.2, -0.15) is 0 Å². The fourth-order valence-electron chi connectivity index (χ4n) is 1.09. The molecule has 0 fully saturated rings. The highest BCUT2D eigenvalue weighted by Crippen LogP contribution is 2.06. The van der Waals surface area contributed by atoms with Gasteiger partial charge in [-0.25, -0.2) is 0 Å². The van der Waals surface area contributed by atoms with Gasteiger partial charge in [-0.05, 0) is 19.1 Å². The molecule has 16 heavy (non-hydrogen) atoms. The summed E-state index contributed by atoms with van der Waals surface area (Å²) in [7, 11) is 0. The summed E-state index contributed by atoms with van der Waals surface area (Å²) in [4.78, 5) is 26.0. The molecule has 0 bridgehead atoms. The lowest BCUT2D eigenvalue weighted by Gasteiger charge is -2.10. The SMILES string of the molecule is Cc1ccc(NC(=O)C(N)CC(N)=O)cn1. The van der Waals surface area contributed by atoms with E-state index in [-0.39, 0.29) is 6.42 Å². The van der Waals surface area contributed by atoms with Gasteiger partial charge in [0.25, 0.3) is 0 Å². The summed E-state index contributed by atoms with van der Waals surface area (Å²) < 4.78 is 0. The van der Waals surface area contributed by atoms with Gasteiger partial charge in [0.15, 0.2) is 0 Å². The summed E-state index contributed by atoms with van der Waals surface area (Å²) in [6.07, 6.45) is 1.34. The molecule has 0 saturated heterocycles. The number of carbonyl (C=O) groups excluding carboxylic acids is 2. The monoisotopic (exact) mass is 222 g/mol. The van der Waals surface area contributed by atoms with E-state index in [1.54, 1.807) is 12.1 Å². The second-order valence-corrected chi connectivity index (χ2v) is 3.45. The van der Waals surface area contributed by atoms with Gasteiger partial charge in [0.2, 0.25) is 11.8 Å². The van der Waals surface area contributed by atoms with E-state index in [1.807, 2.05) is 6.92 Å². The van der Waals surface area contributed by atoms with Crippen molar-refractivity contribution < 1.29 is 9.59 Å². The maximum Gasteiger partial charge on any atom is 0.241 e. The highest BCUT2D eigenvalue weighted by molar-refractivity contribution is 5.97. The molecule has 5 N–H and O–H groups in total. The number of anilines is 1.